The fourth-order valence-electron chi connectivity index (χ4n) is 3.74. The molecule has 1 atom stereocenters. The van der Waals surface area contributed by atoms with Gasteiger partial charge in [0.1, 0.15) is 11.5 Å². The molecule has 1 aliphatic heterocycles. The van der Waals surface area contributed by atoms with E-state index >= 15 is 0 Å². The van der Waals surface area contributed by atoms with Gasteiger partial charge in [0.05, 0.1) is 10.8 Å². The SMILES string of the molecule is O=C(c1ccc(Oc2ccccc2)cc1)N1CCCC(c2nnc(-c3cccs3)o2)C1. The van der Waals surface area contributed by atoms with E-state index in [0.717, 1.165) is 30.0 Å². The molecule has 4 aromatic rings. The Morgan fingerprint density at radius 2 is 1.81 bits per heavy atom. The van der Waals surface area contributed by atoms with Crippen LogP contribution in [-0.2, 0) is 0 Å². The summed E-state index contributed by atoms with van der Waals surface area (Å²) in [5.74, 6) is 2.68. The number of likely N-dealkylation sites (tertiary alicyclic amines) is 1. The maximum Gasteiger partial charge on any atom is 0.257 e. The lowest BCUT2D eigenvalue weighted by atomic mass is 9.97. The van der Waals surface area contributed by atoms with Gasteiger partial charge in [-0.2, -0.15) is 0 Å². The second-order valence-corrected chi connectivity index (χ2v) is 8.40. The van der Waals surface area contributed by atoms with Crippen LogP contribution in [0.25, 0.3) is 10.8 Å². The molecular formula is C24H21N3O3S. The molecule has 0 aliphatic carbocycles. The largest absolute Gasteiger partial charge is 0.457 e. The minimum atomic E-state index is 0.00829. The minimum Gasteiger partial charge on any atom is -0.457 e. The van der Waals surface area contributed by atoms with E-state index in [0.29, 0.717) is 29.6 Å². The Bertz CT molecular complexity index is 1140. The van der Waals surface area contributed by atoms with E-state index in [9.17, 15) is 4.79 Å². The first-order valence-electron chi connectivity index (χ1n) is 10.3. The quantitative estimate of drug-likeness (QED) is 0.411. The zero-order valence-corrected chi connectivity index (χ0v) is 17.6. The third-order valence-corrected chi connectivity index (χ3v) is 6.17. The molecular weight excluding hydrogens is 410 g/mol. The highest BCUT2D eigenvalue weighted by molar-refractivity contribution is 7.13. The number of thiophene rings is 1. The number of amides is 1. The molecule has 6 nitrogen and oxygen atoms in total. The van der Waals surface area contributed by atoms with E-state index < -0.39 is 0 Å². The summed E-state index contributed by atoms with van der Waals surface area (Å²) in [7, 11) is 0. The van der Waals surface area contributed by atoms with Crippen molar-refractivity contribution >= 4 is 17.2 Å². The Morgan fingerprint density at radius 1 is 1.00 bits per heavy atom. The van der Waals surface area contributed by atoms with Crippen LogP contribution in [0.3, 0.4) is 0 Å². The number of carbonyl (C=O) groups excluding carboxylic acids is 1. The van der Waals surface area contributed by atoms with E-state index in [4.69, 9.17) is 9.15 Å². The first-order valence-corrected chi connectivity index (χ1v) is 11.1. The zero-order valence-electron chi connectivity index (χ0n) is 16.8. The topological polar surface area (TPSA) is 68.5 Å². The van der Waals surface area contributed by atoms with Crippen molar-refractivity contribution in [2.75, 3.05) is 13.1 Å². The number of benzene rings is 2. The molecule has 1 fully saturated rings. The first-order chi connectivity index (χ1) is 15.3. The highest BCUT2D eigenvalue weighted by Crippen LogP contribution is 2.31. The molecule has 7 heteroatoms. The number of para-hydroxylation sites is 1. The number of rotatable bonds is 5. The second kappa shape index (κ2) is 8.73. The normalized spacial score (nSPS) is 16.3. The van der Waals surface area contributed by atoms with Gasteiger partial charge in [0.25, 0.3) is 11.8 Å². The smallest absolute Gasteiger partial charge is 0.257 e. The van der Waals surface area contributed by atoms with Crippen molar-refractivity contribution in [2.45, 2.75) is 18.8 Å². The average Bonchev–Trinajstić information content (AvgIpc) is 3.52. The molecule has 0 bridgehead atoms. The van der Waals surface area contributed by atoms with Crippen molar-refractivity contribution in [1.82, 2.24) is 15.1 Å². The van der Waals surface area contributed by atoms with Gasteiger partial charge in [-0.05, 0) is 60.7 Å². The highest BCUT2D eigenvalue weighted by atomic mass is 32.1. The van der Waals surface area contributed by atoms with Crippen molar-refractivity contribution in [2.24, 2.45) is 0 Å². The van der Waals surface area contributed by atoms with Crippen molar-refractivity contribution < 1.29 is 13.9 Å². The van der Waals surface area contributed by atoms with Crippen LogP contribution in [0, 0.1) is 0 Å². The predicted octanol–water partition coefficient (Wildman–Crippen LogP) is 5.61. The van der Waals surface area contributed by atoms with Gasteiger partial charge in [-0.25, -0.2) is 0 Å². The standard InChI is InChI=1S/C24H21N3O3S/c28-24(17-10-12-20(13-11-17)29-19-7-2-1-3-8-19)27-14-4-6-18(16-27)22-25-26-23(30-22)21-9-5-15-31-21/h1-3,5,7-13,15,18H,4,6,14,16H2. The molecule has 3 heterocycles. The highest BCUT2D eigenvalue weighted by Gasteiger charge is 2.29. The fourth-order valence-corrected chi connectivity index (χ4v) is 4.38. The Hall–Kier alpha value is -3.45. The summed E-state index contributed by atoms with van der Waals surface area (Å²) < 4.78 is 11.7. The molecule has 1 aliphatic rings. The lowest BCUT2D eigenvalue weighted by Gasteiger charge is -2.31. The molecule has 2 aromatic heterocycles. The van der Waals surface area contributed by atoms with Crippen LogP contribution in [0.5, 0.6) is 11.5 Å². The lowest BCUT2D eigenvalue weighted by Crippen LogP contribution is -2.39. The molecule has 0 radical (unpaired) electrons. The fraction of sp³-hybridized carbons (Fsp3) is 0.208. The number of aromatic nitrogens is 2. The van der Waals surface area contributed by atoms with Gasteiger partial charge in [-0.3, -0.25) is 4.79 Å². The van der Waals surface area contributed by atoms with Gasteiger partial charge in [-0.15, -0.1) is 21.5 Å². The number of piperidine rings is 1. The van der Waals surface area contributed by atoms with Crippen LogP contribution in [0.4, 0.5) is 0 Å². The number of hydrogen-bond donors (Lipinski definition) is 0. The van der Waals surface area contributed by atoms with Crippen molar-refractivity contribution in [3.05, 3.63) is 83.6 Å². The van der Waals surface area contributed by atoms with Crippen LogP contribution in [0.2, 0.25) is 0 Å². The third-order valence-electron chi connectivity index (χ3n) is 5.31. The Labute approximate surface area is 184 Å². The second-order valence-electron chi connectivity index (χ2n) is 7.45. The number of carbonyl (C=O) groups is 1. The van der Waals surface area contributed by atoms with Gasteiger partial charge < -0.3 is 14.1 Å². The van der Waals surface area contributed by atoms with Crippen LogP contribution >= 0.6 is 11.3 Å². The summed E-state index contributed by atoms with van der Waals surface area (Å²) in [6, 6.07) is 20.8. The molecule has 156 valence electrons. The van der Waals surface area contributed by atoms with E-state index in [-0.39, 0.29) is 11.8 Å². The summed E-state index contributed by atoms with van der Waals surface area (Å²) in [4.78, 5) is 15.9. The summed E-state index contributed by atoms with van der Waals surface area (Å²) in [5.41, 5.74) is 0.644. The van der Waals surface area contributed by atoms with Gasteiger partial charge in [-0.1, -0.05) is 24.3 Å². The van der Waals surface area contributed by atoms with Crippen LogP contribution < -0.4 is 4.74 Å². The number of ether oxygens (including phenoxy) is 1. The predicted molar refractivity (Wildman–Crippen MR) is 118 cm³/mol. The van der Waals surface area contributed by atoms with E-state index in [1.54, 1.807) is 11.3 Å². The Morgan fingerprint density at radius 3 is 2.58 bits per heavy atom. The number of nitrogens with zero attached hydrogens (tertiary/aromatic N) is 3. The van der Waals surface area contributed by atoms with Crippen molar-refractivity contribution in [1.29, 1.82) is 0 Å². The minimum absolute atomic E-state index is 0.00829. The van der Waals surface area contributed by atoms with Gasteiger partial charge in [0, 0.05) is 18.7 Å². The zero-order chi connectivity index (χ0) is 21.0. The molecule has 5 rings (SSSR count). The van der Waals surface area contributed by atoms with Gasteiger partial charge in [0.15, 0.2) is 0 Å². The maximum absolute atomic E-state index is 13.1. The van der Waals surface area contributed by atoms with Crippen LogP contribution in [0.15, 0.2) is 76.5 Å². The molecule has 0 N–H and O–H groups in total. The van der Waals surface area contributed by atoms with Crippen LogP contribution in [-0.4, -0.2) is 34.1 Å². The third kappa shape index (κ3) is 4.36. The molecule has 1 unspecified atom stereocenters. The average molecular weight is 432 g/mol. The summed E-state index contributed by atoms with van der Waals surface area (Å²) in [5, 5.41) is 10.4. The van der Waals surface area contributed by atoms with Gasteiger partial charge >= 0.3 is 0 Å². The van der Waals surface area contributed by atoms with Crippen molar-refractivity contribution in [3.8, 4) is 22.3 Å². The molecule has 2 aromatic carbocycles. The van der Waals surface area contributed by atoms with E-state index in [1.807, 2.05) is 77.0 Å². The summed E-state index contributed by atoms with van der Waals surface area (Å²) in [6.45, 7) is 1.30. The Balaban J connectivity index is 1.25. The lowest BCUT2D eigenvalue weighted by molar-refractivity contribution is 0.0698. The summed E-state index contributed by atoms with van der Waals surface area (Å²) in [6.07, 6.45) is 1.84. The van der Waals surface area contributed by atoms with E-state index in [1.165, 1.54) is 0 Å². The molecule has 1 amide bonds. The molecule has 1 saturated heterocycles. The van der Waals surface area contributed by atoms with Crippen molar-refractivity contribution in [3.63, 3.8) is 0 Å². The molecule has 0 saturated carbocycles. The monoisotopic (exact) mass is 431 g/mol. The number of hydrogen-bond acceptors (Lipinski definition) is 6. The maximum atomic E-state index is 13.1. The van der Waals surface area contributed by atoms with Gasteiger partial charge in [0.2, 0.25) is 5.89 Å². The Kier molecular flexibility index (Phi) is 5.50. The molecule has 31 heavy (non-hydrogen) atoms. The van der Waals surface area contributed by atoms with Crippen LogP contribution in [0.1, 0.15) is 35.0 Å². The molecule has 0 spiro atoms. The van der Waals surface area contributed by atoms with E-state index in [2.05, 4.69) is 10.2 Å². The first kappa shape index (κ1) is 19.5. The summed E-state index contributed by atoms with van der Waals surface area (Å²) >= 11 is 1.57.